The Hall–Kier alpha value is -0.760. The minimum absolute atomic E-state index is 0.337. The Morgan fingerprint density at radius 1 is 1.24 bits per heavy atom. The summed E-state index contributed by atoms with van der Waals surface area (Å²) in [7, 11) is -0.303. The fourth-order valence-corrected chi connectivity index (χ4v) is 4.25. The Morgan fingerprint density at radius 3 is 2.57 bits per heavy atom. The number of nitrogens with zero attached hydrogens (tertiary/aromatic N) is 2. The van der Waals surface area contributed by atoms with E-state index < -0.39 is 10.0 Å². The Bertz CT molecular complexity index is 555. The van der Waals surface area contributed by atoms with Crippen LogP contribution in [-0.2, 0) is 10.0 Å². The average Bonchev–Trinajstić information content (AvgIpc) is 2.48. The van der Waals surface area contributed by atoms with Crippen LogP contribution in [0, 0.1) is 0 Å². The number of hydrogen-bond acceptors (Lipinski definition) is 5. The van der Waals surface area contributed by atoms with E-state index in [0.717, 1.165) is 26.2 Å². The van der Waals surface area contributed by atoms with Gasteiger partial charge in [0.2, 0.25) is 10.0 Å². The molecule has 0 bridgehead atoms. The summed E-state index contributed by atoms with van der Waals surface area (Å²) in [5.41, 5.74) is 0.678. The molecule has 0 radical (unpaired) electrons. The molecule has 1 aliphatic heterocycles. The second-order valence-corrected chi connectivity index (χ2v) is 8.51. The molecule has 5 nitrogen and oxygen atoms in total. The fourth-order valence-electron chi connectivity index (χ4n) is 2.21. The molecule has 1 aromatic rings. The molecule has 0 spiro atoms. The zero-order valence-electron chi connectivity index (χ0n) is 12.6. The third kappa shape index (κ3) is 4.35. The van der Waals surface area contributed by atoms with Crippen LogP contribution in [0.5, 0.6) is 0 Å². The first-order valence-electron chi connectivity index (χ1n) is 7.07. The van der Waals surface area contributed by atoms with E-state index >= 15 is 0 Å². The molecule has 118 valence electrons. The summed E-state index contributed by atoms with van der Waals surface area (Å²) >= 11 is 1.99. The number of benzene rings is 1. The van der Waals surface area contributed by atoms with Crippen molar-refractivity contribution in [1.29, 1.82) is 0 Å². The van der Waals surface area contributed by atoms with Crippen molar-refractivity contribution >= 4 is 27.5 Å². The van der Waals surface area contributed by atoms with Crippen molar-refractivity contribution < 1.29 is 8.42 Å². The maximum Gasteiger partial charge on any atom is 0.244 e. The van der Waals surface area contributed by atoms with Gasteiger partial charge < -0.3 is 5.32 Å². The highest BCUT2D eigenvalue weighted by Crippen LogP contribution is 2.22. The largest absolute Gasteiger partial charge is 0.383 e. The molecule has 21 heavy (non-hydrogen) atoms. The molecule has 0 amide bonds. The maximum absolute atomic E-state index is 12.3. The number of anilines is 1. The third-order valence-corrected chi connectivity index (χ3v) is 6.31. The number of thioether (sulfide) groups is 1. The molecule has 2 rings (SSSR count). The second-order valence-electron chi connectivity index (χ2n) is 5.16. The summed E-state index contributed by atoms with van der Waals surface area (Å²) in [6.45, 7) is 3.93. The quantitative estimate of drug-likeness (QED) is 0.855. The van der Waals surface area contributed by atoms with Crippen LogP contribution in [0.4, 0.5) is 5.69 Å². The highest BCUT2D eigenvalue weighted by Gasteiger charge is 2.20. The minimum atomic E-state index is -3.41. The van der Waals surface area contributed by atoms with Gasteiger partial charge in [0.05, 0.1) is 5.69 Å². The number of nitrogens with one attached hydrogen (secondary N) is 1. The van der Waals surface area contributed by atoms with Gasteiger partial charge >= 0.3 is 0 Å². The van der Waals surface area contributed by atoms with E-state index in [1.54, 1.807) is 26.2 Å². The number of sulfonamides is 1. The van der Waals surface area contributed by atoms with Gasteiger partial charge in [-0.05, 0) is 12.1 Å². The lowest BCUT2D eigenvalue weighted by Gasteiger charge is -2.26. The van der Waals surface area contributed by atoms with E-state index in [0.29, 0.717) is 10.6 Å². The Kier molecular flexibility index (Phi) is 5.92. The van der Waals surface area contributed by atoms with E-state index in [4.69, 9.17) is 0 Å². The minimum Gasteiger partial charge on any atom is -0.383 e. The molecule has 0 aliphatic carbocycles. The van der Waals surface area contributed by atoms with Crippen molar-refractivity contribution in [3.8, 4) is 0 Å². The molecule has 1 saturated heterocycles. The molecule has 0 unspecified atom stereocenters. The van der Waals surface area contributed by atoms with Crippen LogP contribution >= 0.6 is 11.8 Å². The summed E-state index contributed by atoms with van der Waals surface area (Å²) < 4.78 is 25.8. The lowest BCUT2D eigenvalue weighted by molar-refractivity contribution is 0.314. The van der Waals surface area contributed by atoms with Crippen molar-refractivity contribution in [2.24, 2.45) is 0 Å². The van der Waals surface area contributed by atoms with Crippen LogP contribution < -0.4 is 5.32 Å². The van der Waals surface area contributed by atoms with Crippen molar-refractivity contribution in [2.75, 3.05) is 57.1 Å². The summed E-state index contributed by atoms with van der Waals surface area (Å²) in [4.78, 5) is 2.75. The lowest BCUT2D eigenvalue weighted by Crippen LogP contribution is -2.36. The zero-order chi connectivity index (χ0) is 15.3. The van der Waals surface area contributed by atoms with Crippen LogP contribution in [0.2, 0.25) is 0 Å². The van der Waals surface area contributed by atoms with E-state index in [9.17, 15) is 8.42 Å². The number of rotatable bonds is 6. The number of para-hydroxylation sites is 1. The summed E-state index contributed by atoms with van der Waals surface area (Å²) in [5, 5.41) is 3.27. The van der Waals surface area contributed by atoms with Crippen molar-refractivity contribution in [3.63, 3.8) is 0 Å². The van der Waals surface area contributed by atoms with Gasteiger partial charge in [-0.15, -0.1) is 0 Å². The van der Waals surface area contributed by atoms with Crippen LogP contribution in [0.1, 0.15) is 0 Å². The monoisotopic (exact) mass is 329 g/mol. The molecule has 1 aliphatic rings. The first-order valence-corrected chi connectivity index (χ1v) is 9.67. The topological polar surface area (TPSA) is 52.7 Å². The predicted molar refractivity (Wildman–Crippen MR) is 89.6 cm³/mol. The molecular weight excluding hydrogens is 306 g/mol. The maximum atomic E-state index is 12.3. The van der Waals surface area contributed by atoms with Gasteiger partial charge in [0.1, 0.15) is 4.90 Å². The van der Waals surface area contributed by atoms with E-state index in [1.165, 1.54) is 15.8 Å². The van der Waals surface area contributed by atoms with Crippen LogP contribution in [0.15, 0.2) is 29.2 Å². The summed E-state index contributed by atoms with van der Waals surface area (Å²) in [6.07, 6.45) is 0. The summed E-state index contributed by atoms with van der Waals surface area (Å²) in [6, 6.07) is 7.08. The molecule has 0 aromatic heterocycles. The SMILES string of the molecule is CN(C)S(=O)(=O)c1ccccc1NCCN1CCSCC1. The Labute approximate surface area is 131 Å². The first-order chi connectivity index (χ1) is 10.0. The molecule has 7 heteroatoms. The highest BCUT2D eigenvalue weighted by molar-refractivity contribution is 7.99. The molecule has 0 saturated carbocycles. The smallest absolute Gasteiger partial charge is 0.244 e. The normalized spacial score (nSPS) is 17.1. The van der Waals surface area contributed by atoms with E-state index in [-0.39, 0.29) is 0 Å². The number of hydrogen-bond donors (Lipinski definition) is 1. The van der Waals surface area contributed by atoms with E-state index in [1.807, 2.05) is 23.9 Å². The van der Waals surface area contributed by atoms with Gasteiger partial charge in [0, 0.05) is 51.8 Å². The van der Waals surface area contributed by atoms with Gasteiger partial charge in [-0.1, -0.05) is 12.1 Å². The van der Waals surface area contributed by atoms with Gasteiger partial charge in [-0.3, -0.25) is 4.90 Å². The molecular formula is C14H23N3O2S2. The Morgan fingerprint density at radius 2 is 1.90 bits per heavy atom. The van der Waals surface area contributed by atoms with Gasteiger partial charge in [0.25, 0.3) is 0 Å². The van der Waals surface area contributed by atoms with Crippen molar-refractivity contribution in [2.45, 2.75) is 4.90 Å². The first kappa shape index (κ1) is 16.6. The van der Waals surface area contributed by atoms with Gasteiger partial charge in [0.15, 0.2) is 0 Å². The Balaban J connectivity index is 2.00. The van der Waals surface area contributed by atoms with Crippen LogP contribution in [0.25, 0.3) is 0 Å². The molecule has 1 N–H and O–H groups in total. The summed E-state index contributed by atoms with van der Waals surface area (Å²) in [5.74, 6) is 2.37. The third-order valence-electron chi connectivity index (χ3n) is 3.49. The molecule has 1 fully saturated rings. The average molecular weight is 329 g/mol. The zero-order valence-corrected chi connectivity index (χ0v) is 14.2. The van der Waals surface area contributed by atoms with E-state index in [2.05, 4.69) is 10.2 Å². The fraction of sp³-hybridized carbons (Fsp3) is 0.571. The van der Waals surface area contributed by atoms with Crippen molar-refractivity contribution in [3.05, 3.63) is 24.3 Å². The molecule has 0 atom stereocenters. The predicted octanol–water partition coefficient (Wildman–Crippen LogP) is 1.40. The van der Waals surface area contributed by atoms with Crippen molar-refractivity contribution in [1.82, 2.24) is 9.21 Å². The van der Waals surface area contributed by atoms with Gasteiger partial charge in [-0.2, -0.15) is 11.8 Å². The van der Waals surface area contributed by atoms with Crippen LogP contribution in [-0.4, -0.2) is 69.4 Å². The highest BCUT2D eigenvalue weighted by atomic mass is 32.2. The van der Waals surface area contributed by atoms with Gasteiger partial charge in [-0.25, -0.2) is 12.7 Å². The molecule has 1 heterocycles. The van der Waals surface area contributed by atoms with Crippen LogP contribution in [0.3, 0.4) is 0 Å². The molecule has 1 aromatic carbocycles. The standard InChI is InChI=1S/C14H23N3O2S2/c1-16(2)21(18,19)14-6-4-3-5-13(14)15-7-8-17-9-11-20-12-10-17/h3-6,15H,7-12H2,1-2H3. The lowest BCUT2D eigenvalue weighted by atomic mass is 10.3. The second kappa shape index (κ2) is 7.49.